The Balaban J connectivity index is 1.91. The number of unbranched alkanes of at least 4 members (excludes halogenated alkanes) is 4. The highest BCUT2D eigenvalue weighted by Gasteiger charge is 2.42. The number of benzene rings is 1. The smallest absolute Gasteiger partial charge is 0.337 e. The van der Waals surface area contributed by atoms with E-state index in [4.69, 9.17) is 0 Å². The van der Waals surface area contributed by atoms with Crippen LogP contribution in [0.2, 0.25) is 0 Å². The summed E-state index contributed by atoms with van der Waals surface area (Å²) in [4.78, 5) is 37.5. The van der Waals surface area contributed by atoms with E-state index in [2.05, 4.69) is 11.7 Å². The minimum absolute atomic E-state index is 0.177. The molecule has 0 radical (unpaired) electrons. The van der Waals surface area contributed by atoms with Gasteiger partial charge in [0.2, 0.25) is 5.91 Å². The van der Waals surface area contributed by atoms with Crippen LogP contribution in [0, 0.1) is 0 Å². The molecule has 6 heteroatoms. The monoisotopic (exact) mass is 347 g/mol. The molecular formula is C19H27N2O4+. The van der Waals surface area contributed by atoms with Crippen molar-refractivity contribution in [3.63, 3.8) is 0 Å². The number of carbonyl (C=O) groups excluding carboxylic acids is 3. The van der Waals surface area contributed by atoms with Crippen LogP contribution in [0.4, 0.5) is 5.69 Å². The molecule has 1 aromatic rings. The Bertz CT molecular complexity index is 612. The lowest BCUT2D eigenvalue weighted by molar-refractivity contribution is -0.674. The average Bonchev–Trinajstić information content (AvgIpc) is 2.91. The first-order chi connectivity index (χ1) is 12.1. The van der Waals surface area contributed by atoms with Gasteiger partial charge >= 0.3 is 5.97 Å². The van der Waals surface area contributed by atoms with E-state index in [0.29, 0.717) is 11.3 Å². The molecule has 2 amide bonds. The van der Waals surface area contributed by atoms with Gasteiger partial charge in [-0.1, -0.05) is 26.2 Å². The normalized spacial score (nSPS) is 17.2. The van der Waals surface area contributed by atoms with Crippen molar-refractivity contribution in [1.82, 2.24) is 0 Å². The number of hydrogen-bond acceptors (Lipinski definition) is 4. The molecule has 1 heterocycles. The third kappa shape index (κ3) is 4.89. The summed E-state index contributed by atoms with van der Waals surface area (Å²) in [5.74, 6) is -0.813. The zero-order valence-corrected chi connectivity index (χ0v) is 15.0. The van der Waals surface area contributed by atoms with Crippen LogP contribution >= 0.6 is 0 Å². The number of nitrogens with two attached hydrogens (primary N) is 1. The molecule has 136 valence electrons. The lowest BCUT2D eigenvalue weighted by Gasteiger charge is -2.14. The summed E-state index contributed by atoms with van der Waals surface area (Å²) in [5, 5.41) is 1.98. The molecule has 25 heavy (non-hydrogen) atoms. The minimum Gasteiger partial charge on any atom is -0.465 e. The van der Waals surface area contributed by atoms with E-state index in [9.17, 15) is 14.4 Å². The Kier molecular flexibility index (Phi) is 7.13. The van der Waals surface area contributed by atoms with Gasteiger partial charge < -0.3 is 10.1 Å². The summed E-state index contributed by atoms with van der Waals surface area (Å²) >= 11 is 0. The van der Waals surface area contributed by atoms with Gasteiger partial charge in [0.1, 0.15) is 0 Å². The number of carbonyl (C=O) groups is 3. The largest absolute Gasteiger partial charge is 0.465 e. The molecule has 1 aliphatic heterocycles. The molecular weight excluding hydrogens is 320 g/mol. The summed E-state index contributed by atoms with van der Waals surface area (Å²) in [7, 11) is 1.31. The van der Waals surface area contributed by atoms with Crippen LogP contribution in [0.15, 0.2) is 24.3 Å². The lowest BCUT2D eigenvalue weighted by Crippen LogP contribution is -2.91. The van der Waals surface area contributed by atoms with E-state index >= 15 is 0 Å². The predicted octanol–water partition coefficient (Wildman–Crippen LogP) is 1.64. The quantitative estimate of drug-likeness (QED) is 0.418. The molecule has 0 aliphatic carbocycles. The van der Waals surface area contributed by atoms with Crippen LogP contribution in [-0.4, -0.2) is 37.5 Å². The zero-order valence-electron chi connectivity index (χ0n) is 15.0. The molecule has 6 nitrogen and oxygen atoms in total. The molecule has 0 aromatic heterocycles. The van der Waals surface area contributed by atoms with Crippen LogP contribution in [0.5, 0.6) is 0 Å². The summed E-state index contributed by atoms with van der Waals surface area (Å²) in [6.45, 7) is 3.05. The predicted molar refractivity (Wildman–Crippen MR) is 94.2 cm³/mol. The van der Waals surface area contributed by atoms with Crippen molar-refractivity contribution < 1.29 is 24.4 Å². The number of methoxy groups -OCH3 is 1. The highest BCUT2D eigenvalue weighted by atomic mass is 16.5. The Morgan fingerprint density at radius 2 is 1.84 bits per heavy atom. The maximum atomic E-state index is 12.5. The van der Waals surface area contributed by atoms with Crippen molar-refractivity contribution in [1.29, 1.82) is 0 Å². The SMILES string of the molecule is CCCCCCC[NH2+][C@H]1CC(=O)N(c2ccc(C(=O)OC)cc2)C1=O. The maximum absolute atomic E-state index is 12.5. The highest BCUT2D eigenvalue weighted by Crippen LogP contribution is 2.22. The lowest BCUT2D eigenvalue weighted by atomic mass is 10.1. The molecule has 0 unspecified atom stereocenters. The molecule has 1 aliphatic rings. The Labute approximate surface area is 148 Å². The number of quaternary nitrogens is 1. The van der Waals surface area contributed by atoms with E-state index < -0.39 is 5.97 Å². The van der Waals surface area contributed by atoms with Gasteiger partial charge in [-0.2, -0.15) is 0 Å². The molecule has 0 saturated carbocycles. The van der Waals surface area contributed by atoms with Gasteiger partial charge in [-0.15, -0.1) is 0 Å². The molecule has 1 saturated heterocycles. The first kappa shape index (κ1) is 19.1. The number of anilines is 1. The van der Waals surface area contributed by atoms with E-state index in [1.165, 1.54) is 31.3 Å². The van der Waals surface area contributed by atoms with Gasteiger partial charge in [0, 0.05) is 0 Å². The Morgan fingerprint density at radius 1 is 1.16 bits per heavy atom. The second-order valence-corrected chi connectivity index (χ2v) is 6.36. The van der Waals surface area contributed by atoms with Crippen molar-refractivity contribution in [3.8, 4) is 0 Å². The van der Waals surface area contributed by atoms with Gasteiger partial charge in [-0.25, -0.2) is 9.69 Å². The van der Waals surface area contributed by atoms with Crippen LogP contribution in [0.3, 0.4) is 0 Å². The average molecular weight is 347 g/mol. The van der Waals surface area contributed by atoms with Gasteiger partial charge in [0.05, 0.1) is 31.3 Å². The molecule has 0 spiro atoms. The third-order valence-electron chi connectivity index (χ3n) is 4.49. The molecule has 2 rings (SSSR count). The van der Waals surface area contributed by atoms with Gasteiger partial charge in [0.15, 0.2) is 6.04 Å². The fraction of sp³-hybridized carbons (Fsp3) is 0.526. The van der Waals surface area contributed by atoms with Crippen molar-refractivity contribution in [2.75, 3.05) is 18.6 Å². The van der Waals surface area contributed by atoms with Crippen molar-refractivity contribution in [2.45, 2.75) is 51.5 Å². The number of esters is 1. The van der Waals surface area contributed by atoms with Gasteiger partial charge in [-0.3, -0.25) is 9.59 Å². The molecule has 1 atom stereocenters. The molecule has 1 aromatic carbocycles. The second kappa shape index (κ2) is 9.32. The van der Waals surface area contributed by atoms with Crippen LogP contribution < -0.4 is 10.2 Å². The number of imide groups is 1. The van der Waals surface area contributed by atoms with E-state index in [1.54, 1.807) is 24.3 Å². The number of nitrogens with zero attached hydrogens (tertiary/aromatic N) is 1. The van der Waals surface area contributed by atoms with E-state index in [0.717, 1.165) is 19.4 Å². The van der Waals surface area contributed by atoms with Gasteiger partial charge in [-0.05, 0) is 37.1 Å². The summed E-state index contributed by atoms with van der Waals surface area (Å²) in [6.07, 6.45) is 6.13. The van der Waals surface area contributed by atoms with E-state index in [-0.39, 0.29) is 24.3 Å². The Hall–Kier alpha value is -2.21. The standard InChI is InChI=1S/C19H26N2O4/c1-3-4-5-6-7-12-20-16-13-17(22)21(18(16)23)15-10-8-14(9-11-15)19(24)25-2/h8-11,16,20H,3-7,12-13H2,1-2H3/p+1/t16-/m0/s1. The number of rotatable bonds is 9. The summed E-state index contributed by atoms with van der Waals surface area (Å²) in [6, 6.07) is 6.00. The fourth-order valence-electron chi connectivity index (χ4n) is 3.04. The number of ether oxygens (including phenoxy) is 1. The summed E-state index contributed by atoms with van der Waals surface area (Å²) in [5.41, 5.74) is 0.891. The van der Waals surface area contributed by atoms with Crippen LogP contribution in [-0.2, 0) is 14.3 Å². The second-order valence-electron chi connectivity index (χ2n) is 6.36. The first-order valence-corrected chi connectivity index (χ1v) is 8.97. The molecule has 1 fully saturated rings. The topological polar surface area (TPSA) is 80.3 Å². The minimum atomic E-state index is -0.445. The highest BCUT2D eigenvalue weighted by molar-refractivity contribution is 6.21. The Morgan fingerprint density at radius 3 is 2.48 bits per heavy atom. The van der Waals surface area contributed by atoms with Crippen molar-refractivity contribution in [3.05, 3.63) is 29.8 Å². The summed E-state index contributed by atoms with van der Waals surface area (Å²) < 4.78 is 4.65. The van der Waals surface area contributed by atoms with Crippen LogP contribution in [0.25, 0.3) is 0 Å². The van der Waals surface area contributed by atoms with Crippen molar-refractivity contribution in [2.24, 2.45) is 0 Å². The fourth-order valence-corrected chi connectivity index (χ4v) is 3.04. The first-order valence-electron chi connectivity index (χ1n) is 8.97. The van der Waals surface area contributed by atoms with Gasteiger partial charge in [0.25, 0.3) is 5.91 Å². The number of hydrogen-bond donors (Lipinski definition) is 1. The van der Waals surface area contributed by atoms with Crippen LogP contribution in [0.1, 0.15) is 55.8 Å². The number of amides is 2. The van der Waals surface area contributed by atoms with Crippen molar-refractivity contribution >= 4 is 23.5 Å². The third-order valence-corrected chi connectivity index (χ3v) is 4.49. The molecule has 2 N–H and O–H groups in total. The maximum Gasteiger partial charge on any atom is 0.337 e. The van der Waals surface area contributed by atoms with E-state index in [1.807, 2.05) is 5.32 Å². The molecule has 0 bridgehead atoms. The zero-order chi connectivity index (χ0) is 18.2.